The minimum absolute atomic E-state index is 0.0508. The minimum Gasteiger partial charge on any atom is -0.288 e. The van der Waals surface area contributed by atoms with Gasteiger partial charge in [0.05, 0.1) is 6.20 Å². The van der Waals surface area contributed by atoms with E-state index in [4.69, 9.17) is 0 Å². The van der Waals surface area contributed by atoms with E-state index in [1.165, 1.54) is 29.8 Å². The maximum atomic E-state index is 12.0. The average molecular weight is 260 g/mol. The second-order valence-electron chi connectivity index (χ2n) is 4.66. The molecule has 0 aromatic carbocycles. The molecule has 3 rings (SSSR count). The molecule has 2 heterocycles. The average Bonchev–Trinajstić information content (AvgIpc) is 2.82. The topological polar surface area (TPSA) is 34.4 Å². The Morgan fingerprint density at radius 2 is 2.22 bits per heavy atom. The lowest BCUT2D eigenvalue weighted by Crippen LogP contribution is -2.03. The van der Waals surface area contributed by atoms with Crippen LogP contribution < -0.4 is 0 Å². The van der Waals surface area contributed by atoms with E-state index < -0.39 is 0 Å². The number of fused-ring (bicyclic) bond motifs is 3. The lowest BCUT2D eigenvalue weighted by Gasteiger charge is -2.01. The Hall–Kier alpha value is -1.42. The van der Waals surface area contributed by atoms with Crippen molar-refractivity contribution in [2.75, 3.05) is 0 Å². The first-order chi connectivity index (χ1) is 8.81. The quantitative estimate of drug-likeness (QED) is 0.471. The van der Waals surface area contributed by atoms with Crippen LogP contribution in [0.15, 0.2) is 18.3 Å². The highest BCUT2D eigenvalue weighted by Crippen LogP contribution is 2.30. The zero-order valence-electron chi connectivity index (χ0n) is 10.5. The zero-order chi connectivity index (χ0) is 12.5. The fourth-order valence-corrected chi connectivity index (χ4v) is 3.76. The fourth-order valence-electron chi connectivity index (χ4n) is 2.57. The van der Waals surface area contributed by atoms with Gasteiger partial charge in [-0.1, -0.05) is 12.5 Å². The summed E-state index contributed by atoms with van der Waals surface area (Å²) < 4.78 is 2.08. The summed E-state index contributed by atoms with van der Waals surface area (Å²) in [4.78, 5) is 18.8. The predicted molar refractivity (Wildman–Crippen MR) is 73.5 cm³/mol. The third kappa shape index (κ3) is 1.81. The van der Waals surface area contributed by atoms with Crippen LogP contribution in [0.4, 0.5) is 0 Å². The van der Waals surface area contributed by atoms with Crippen molar-refractivity contribution >= 4 is 22.1 Å². The molecule has 0 fully saturated rings. The molecule has 4 heteroatoms. The molecule has 1 aliphatic rings. The first-order valence-corrected chi connectivity index (χ1v) is 7.28. The summed E-state index contributed by atoms with van der Waals surface area (Å²) in [6, 6.07) is 0. The molecule has 1 aliphatic carbocycles. The van der Waals surface area contributed by atoms with E-state index in [1.807, 2.05) is 6.92 Å². The molecule has 0 aliphatic heterocycles. The van der Waals surface area contributed by atoms with E-state index in [9.17, 15) is 4.79 Å². The molecule has 0 atom stereocenters. The SMILES string of the molecule is C/C=C/C(=O)c1cnc2sc3c(n12)CCCCC3. The van der Waals surface area contributed by atoms with Crippen LogP contribution >= 0.6 is 11.3 Å². The normalized spacial score (nSPS) is 16.1. The monoisotopic (exact) mass is 260 g/mol. The van der Waals surface area contributed by atoms with Crippen LogP contribution in [0.3, 0.4) is 0 Å². The number of hydrogen-bond donors (Lipinski definition) is 0. The predicted octanol–water partition coefficient (Wildman–Crippen LogP) is 3.42. The number of rotatable bonds is 2. The van der Waals surface area contributed by atoms with Gasteiger partial charge >= 0.3 is 0 Å². The Labute approximate surface area is 110 Å². The maximum absolute atomic E-state index is 12.0. The van der Waals surface area contributed by atoms with Gasteiger partial charge in [-0.2, -0.15) is 0 Å². The maximum Gasteiger partial charge on any atom is 0.203 e. The molecule has 3 nitrogen and oxygen atoms in total. The zero-order valence-corrected chi connectivity index (χ0v) is 11.3. The molecule has 0 radical (unpaired) electrons. The number of aromatic nitrogens is 2. The molecule has 2 aromatic heterocycles. The largest absolute Gasteiger partial charge is 0.288 e. The van der Waals surface area contributed by atoms with E-state index in [2.05, 4.69) is 9.38 Å². The van der Waals surface area contributed by atoms with Gasteiger partial charge in [-0.05, 0) is 38.7 Å². The van der Waals surface area contributed by atoms with E-state index in [0.717, 1.165) is 17.8 Å². The van der Waals surface area contributed by atoms with E-state index in [-0.39, 0.29) is 5.78 Å². The summed E-state index contributed by atoms with van der Waals surface area (Å²) in [5.41, 5.74) is 2.03. The molecule has 0 bridgehead atoms. The van der Waals surface area contributed by atoms with Crippen molar-refractivity contribution in [3.05, 3.63) is 34.6 Å². The van der Waals surface area contributed by atoms with Gasteiger partial charge in [0.1, 0.15) is 5.69 Å². The highest BCUT2D eigenvalue weighted by atomic mass is 32.1. The van der Waals surface area contributed by atoms with Crippen LogP contribution in [0.2, 0.25) is 0 Å². The standard InChI is InChI=1S/C14H16N2OS/c1-2-6-12(17)11-9-15-14-16(11)10-7-4-3-5-8-13(10)18-14/h2,6,9H,3-5,7-8H2,1H3/b6-2+. The molecule has 0 saturated carbocycles. The number of carbonyl (C=O) groups is 1. The van der Waals surface area contributed by atoms with Gasteiger partial charge in [0, 0.05) is 10.6 Å². The number of carbonyl (C=O) groups excluding carboxylic acids is 1. The fraction of sp³-hybridized carbons (Fsp3) is 0.429. The van der Waals surface area contributed by atoms with Crippen LogP contribution in [0, 0.1) is 0 Å². The van der Waals surface area contributed by atoms with Crippen molar-refractivity contribution in [2.24, 2.45) is 0 Å². The van der Waals surface area contributed by atoms with Crippen molar-refractivity contribution in [1.82, 2.24) is 9.38 Å². The summed E-state index contributed by atoms with van der Waals surface area (Å²) in [6.45, 7) is 1.87. The van der Waals surface area contributed by atoms with Crippen molar-refractivity contribution < 1.29 is 4.79 Å². The Morgan fingerprint density at radius 3 is 3.06 bits per heavy atom. The molecule has 0 N–H and O–H groups in total. The second-order valence-corrected chi connectivity index (χ2v) is 5.72. The Kier molecular flexibility index (Phi) is 3.04. The number of thiazole rings is 1. The Balaban J connectivity index is 2.16. The van der Waals surface area contributed by atoms with E-state index in [1.54, 1.807) is 29.7 Å². The van der Waals surface area contributed by atoms with Gasteiger partial charge in [-0.3, -0.25) is 9.20 Å². The molecular formula is C14H16N2OS. The van der Waals surface area contributed by atoms with Crippen LogP contribution in [0.1, 0.15) is 47.2 Å². The third-order valence-corrected chi connectivity index (χ3v) is 4.58. The summed E-state index contributed by atoms with van der Waals surface area (Å²) in [5, 5.41) is 0. The van der Waals surface area contributed by atoms with Crippen LogP contribution in [-0.4, -0.2) is 15.2 Å². The molecule has 2 aromatic rings. The Morgan fingerprint density at radius 1 is 1.39 bits per heavy atom. The highest BCUT2D eigenvalue weighted by molar-refractivity contribution is 7.17. The second kappa shape index (κ2) is 4.69. The summed E-state index contributed by atoms with van der Waals surface area (Å²) >= 11 is 1.74. The van der Waals surface area contributed by atoms with Crippen molar-refractivity contribution in [3.8, 4) is 0 Å². The number of imidazole rings is 1. The lowest BCUT2D eigenvalue weighted by atomic mass is 10.2. The van der Waals surface area contributed by atoms with Crippen molar-refractivity contribution in [3.63, 3.8) is 0 Å². The van der Waals surface area contributed by atoms with Crippen LogP contribution in [-0.2, 0) is 12.8 Å². The third-order valence-electron chi connectivity index (χ3n) is 3.42. The smallest absolute Gasteiger partial charge is 0.203 e. The van der Waals surface area contributed by atoms with Gasteiger partial charge < -0.3 is 0 Å². The lowest BCUT2D eigenvalue weighted by molar-refractivity contribution is 0.104. The van der Waals surface area contributed by atoms with Crippen LogP contribution in [0.25, 0.3) is 4.96 Å². The van der Waals surface area contributed by atoms with E-state index >= 15 is 0 Å². The van der Waals surface area contributed by atoms with Gasteiger partial charge in [0.25, 0.3) is 0 Å². The van der Waals surface area contributed by atoms with Crippen LogP contribution in [0.5, 0.6) is 0 Å². The number of aryl methyl sites for hydroxylation is 2. The molecule has 0 saturated heterocycles. The van der Waals surface area contributed by atoms with Crippen molar-refractivity contribution in [1.29, 1.82) is 0 Å². The van der Waals surface area contributed by atoms with Gasteiger partial charge in [0.15, 0.2) is 4.96 Å². The van der Waals surface area contributed by atoms with E-state index in [0.29, 0.717) is 5.69 Å². The molecule has 0 unspecified atom stereocenters. The minimum atomic E-state index is 0.0508. The molecule has 18 heavy (non-hydrogen) atoms. The summed E-state index contributed by atoms with van der Waals surface area (Å²) in [6.07, 6.45) is 11.1. The highest BCUT2D eigenvalue weighted by Gasteiger charge is 2.20. The molecule has 94 valence electrons. The number of nitrogens with zero attached hydrogens (tertiary/aromatic N) is 2. The molecule has 0 spiro atoms. The summed E-state index contributed by atoms with van der Waals surface area (Å²) in [5.74, 6) is 0.0508. The van der Waals surface area contributed by atoms with Crippen molar-refractivity contribution in [2.45, 2.75) is 39.0 Å². The number of ketones is 1. The first-order valence-electron chi connectivity index (χ1n) is 6.46. The van der Waals surface area contributed by atoms with Gasteiger partial charge in [-0.15, -0.1) is 11.3 Å². The molecule has 0 amide bonds. The number of allylic oxidation sites excluding steroid dienone is 2. The number of hydrogen-bond acceptors (Lipinski definition) is 3. The van der Waals surface area contributed by atoms with Gasteiger partial charge in [0.2, 0.25) is 5.78 Å². The Bertz CT molecular complexity index is 621. The molecular weight excluding hydrogens is 244 g/mol. The van der Waals surface area contributed by atoms with Gasteiger partial charge in [-0.25, -0.2) is 4.98 Å². The summed E-state index contributed by atoms with van der Waals surface area (Å²) in [7, 11) is 0. The first kappa shape index (κ1) is 11.7.